The average Bonchev–Trinajstić information content (AvgIpc) is 3.58. The lowest BCUT2D eigenvalue weighted by molar-refractivity contribution is 0.0695. The zero-order valence-corrected chi connectivity index (χ0v) is 21.5. The fraction of sp³-hybridized carbons (Fsp3) is 0.308. The second-order valence-corrected chi connectivity index (χ2v) is 10.00. The number of hydrogen-bond donors (Lipinski definition) is 1. The van der Waals surface area contributed by atoms with Gasteiger partial charge in [0.15, 0.2) is 0 Å². The first kappa shape index (κ1) is 25.3. The molecule has 0 unspecified atom stereocenters. The number of carboxylic acids is 1. The maximum Gasteiger partial charge on any atom is 0.341 e. The summed E-state index contributed by atoms with van der Waals surface area (Å²) >= 11 is 1.33. The third-order valence-electron chi connectivity index (χ3n) is 7.00. The van der Waals surface area contributed by atoms with E-state index < -0.39 is 17.2 Å². The number of pyridine rings is 1. The van der Waals surface area contributed by atoms with Gasteiger partial charge in [-0.05, 0) is 42.1 Å². The molecule has 0 spiro atoms. The van der Waals surface area contributed by atoms with Crippen LogP contribution in [0, 0.1) is 5.82 Å². The average molecular weight is 542 g/mol. The van der Waals surface area contributed by atoms with Gasteiger partial charge in [-0.25, -0.2) is 9.18 Å². The molecule has 2 fully saturated rings. The number of piperazine rings is 1. The van der Waals surface area contributed by atoms with Crippen LogP contribution in [0.15, 0.2) is 52.8 Å². The number of aromatic nitrogens is 3. The van der Waals surface area contributed by atoms with Crippen LogP contribution in [-0.4, -0.2) is 56.3 Å². The quantitative estimate of drug-likeness (QED) is 0.386. The van der Waals surface area contributed by atoms with Crippen molar-refractivity contribution >= 4 is 46.5 Å². The Morgan fingerprint density at radius 1 is 1.11 bits per heavy atom. The number of benzene rings is 2. The summed E-state index contributed by atoms with van der Waals surface area (Å²) in [6.45, 7) is 3.69. The molecule has 0 atom stereocenters. The second kappa shape index (κ2) is 10.2. The van der Waals surface area contributed by atoms with Gasteiger partial charge in [0.25, 0.3) is 0 Å². The molecule has 2 aromatic heterocycles. The highest BCUT2D eigenvalue weighted by atomic mass is 35.5. The number of anilines is 1. The van der Waals surface area contributed by atoms with E-state index >= 15 is 4.39 Å². The number of aromatic carboxylic acids is 1. The first-order chi connectivity index (χ1) is 17.5. The topological polar surface area (TPSA) is 91.6 Å². The number of nitrogens with zero attached hydrogens (tertiary/aromatic N) is 5. The molecular formula is C26H25ClFN5O3S. The number of rotatable bonds is 6. The van der Waals surface area contributed by atoms with Crippen molar-refractivity contribution in [1.29, 1.82) is 0 Å². The van der Waals surface area contributed by atoms with Crippen molar-refractivity contribution in [3.63, 3.8) is 0 Å². The molecule has 3 heterocycles. The number of hydrogen-bond acceptors (Lipinski definition) is 7. The predicted molar refractivity (Wildman–Crippen MR) is 143 cm³/mol. The molecule has 11 heteroatoms. The molecule has 4 aromatic rings. The minimum Gasteiger partial charge on any atom is -0.477 e. The SMILES string of the molecule is Cl.O=C(O)c1cn(C2CC2)c2cc(N3CCN(Cc4ccc(-c5csnn5)cc4)CC3)c(F)cc2c1=O. The van der Waals surface area contributed by atoms with Crippen molar-refractivity contribution in [3.05, 3.63) is 75.1 Å². The summed E-state index contributed by atoms with van der Waals surface area (Å²) in [6.07, 6.45) is 3.26. The fourth-order valence-corrected chi connectivity index (χ4v) is 5.35. The molecule has 0 bridgehead atoms. The lowest BCUT2D eigenvalue weighted by atomic mass is 10.1. The molecule has 37 heavy (non-hydrogen) atoms. The van der Waals surface area contributed by atoms with Crippen LogP contribution >= 0.6 is 23.9 Å². The van der Waals surface area contributed by atoms with Crippen molar-refractivity contribution in [1.82, 2.24) is 19.1 Å². The van der Waals surface area contributed by atoms with E-state index in [1.54, 1.807) is 6.07 Å². The Labute approximate surface area is 222 Å². The standard InChI is InChI=1S/C26H24FN5O3S.ClH/c27-21-11-19-23(32(18-5-6-18)14-20(25(19)33)26(34)35)12-24(21)31-9-7-30(8-10-31)13-16-1-3-17(4-2-16)22-15-36-29-28-22;/h1-4,11-12,14-15,18H,5-10,13H2,(H,34,35);1H. The maximum absolute atomic E-state index is 15.2. The van der Waals surface area contributed by atoms with Gasteiger partial charge in [-0.3, -0.25) is 9.69 Å². The molecule has 1 saturated carbocycles. The Bertz CT molecular complexity index is 1500. The normalized spacial score (nSPS) is 16.1. The largest absolute Gasteiger partial charge is 0.477 e. The lowest BCUT2D eigenvalue weighted by Gasteiger charge is -2.36. The third kappa shape index (κ3) is 4.96. The predicted octanol–water partition coefficient (Wildman–Crippen LogP) is 4.44. The van der Waals surface area contributed by atoms with Crippen LogP contribution in [0.25, 0.3) is 22.2 Å². The van der Waals surface area contributed by atoms with Crippen LogP contribution in [0.5, 0.6) is 0 Å². The van der Waals surface area contributed by atoms with Gasteiger partial charge in [-0.2, -0.15) is 0 Å². The first-order valence-electron chi connectivity index (χ1n) is 11.9. The van der Waals surface area contributed by atoms with E-state index in [0.29, 0.717) is 24.3 Å². The molecule has 2 aromatic carbocycles. The summed E-state index contributed by atoms with van der Waals surface area (Å²) in [6, 6.07) is 11.4. The van der Waals surface area contributed by atoms with E-state index in [9.17, 15) is 14.7 Å². The van der Waals surface area contributed by atoms with Gasteiger partial charge >= 0.3 is 5.97 Å². The van der Waals surface area contributed by atoms with Crippen molar-refractivity contribution in [2.24, 2.45) is 0 Å². The van der Waals surface area contributed by atoms with Gasteiger partial charge in [0, 0.05) is 61.3 Å². The van der Waals surface area contributed by atoms with Crippen molar-refractivity contribution in [2.75, 3.05) is 31.1 Å². The molecule has 1 aliphatic carbocycles. The second-order valence-electron chi connectivity index (χ2n) is 9.39. The highest BCUT2D eigenvalue weighted by Crippen LogP contribution is 2.38. The Morgan fingerprint density at radius 3 is 2.46 bits per heavy atom. The number of halogens is 2. The Morgan fingerprint density at radius 2 is 1.84 bits per heavy atom. The van der Waals surface area contributed by atoms with Crippen LogP contribution in [-0.2, 0) is 6.54 Å². The molecule has 1 aliphatic heterocycles. The van der Waals surface area contributed by atoms with Gasteiger partial charge in [0.2, 0.25) is 5.43 Å². The fourth-order valence-electron chi connectivity index (χ4n) is 4.88. The molecule has 2 aliphatic rings. The Balaban J connectivity index is 0.00000280. The van der Waals surface area contributed by atoms with E-state index in [4.69, 9.17) is 0 Å². The summed E-state index contributed by atoms with van der Waals surface area (Å²) in [5.41, 5.74) is 3.23. The molecule has 8 nitrogen and oxygen atoms in total. The van der Waals surface area contributed by atoms with Crippen LogP contribution in [0.1, 0.15) is 34.8 Å². The lowest BCUT2D eigenvalue weighted by Crippen LogP contribution is -2.46. The maximum atomic E-state index is 15.2. The van der Waals surface area contributed by atoms with Gasteiger partial charge in [0.1, 0.15) is 17.1 Å². The van der Waals surface area contributed by atoms with Gasteiger partial charge in [-0.15, -0.1) is 17.5 Å². The number of fused-ring (bicyclic) bond motifs is 1. The monoisotopic (exact) mass is 541 g/mol. The van der Waals surface area contributed by atoms with Crippen LogP contribution in [0.3, 0.4) is 0 Å². The summed E-state index contributed by atoms with van der Waals surface area (Å²) in [4.78, 5) is 28.6. The van der Waals surface area contributed by atoms with Crippen molar-refractivity contribution in [3.8, 4) is 11.3 Å². The number of carbonyl (C=O) groups is 1. The summed E-state index contributed by atoms with van der Waals surface area (Å²) < 4.78 is 21.0. The van der Waals surface area contributed by atoms with E-state index in [2.05, 4.69) is 38.8 Å². The minimum absolute atomic E-state index is 0. The van der Waals surface area contributed by atoms with E-state index in [-0.39, 0.29) is 29.4 Å². The third-order valence-corrected chi connectivity index (χ3v) is 7.50. The van der Waals surface area contributed by atoms with Crippen LogP contribution < -0.4 is 10.3 Å². The number of carboxylic acid groups (broad SMARTS) is 1. The van der Waals surface area contributed by atoms with Crippen LogP contribution in [0.2, 0.25) is 0 Å². The highest BCUT2D eigenvalue weighted by Gasteiger charge is 2.28. The molecule has 1 saturated heterocycles. The zero-order valence-electron chi connectivity index (χ0n) is 19.8. The Hall–Kier alpha value is -3.34. The molecule has 0 radical (unpaired) electrons. The van der Waals surface area contributed by atoms with E-state index in [0.717, 1.165) is 43.7 Å². The zero-order chi connectivity index (χ0) is 24.8. The van der Waals surface area contributed by atoms with Crippen molar-refractivity contribution in [2.45, 2.75) is 25.4 Å². The highest BCUT2D eigenvalue weighted by molar-refractivity contribution is 7.03. The molecule has 0 amide bonds. The van der Waals surface area contributed by atoms with Gasteiger partial charge < -0.3 is 14.6 Å². The summed E-state index contributed by atoms with van der Waals surface area (Å²) in [5.74, 6) is -1.78. The molecule has 1 N–H and O–H groups in total. The van der Waals surface area contributed by atoms with Crippen LogP contribution in [0.4, 0.5) is 10.1 Å². The Kier molecular flexibility index (Phi) is 6.98. The van der Waals surface area contributed by atoms with E-state index in [1.165, 1.54) is 29.4 Å². The van der Waals surface area contributed by atoms with E-state index in [1.807, 2.05) is 14.8 Å². The molecular weight excluding hydrogens is 517 g/mol. The van der Waals surface area contributed by atoms with Gasteiger partial charge in [-0.1, -0.05) is 28.8 Å². The van der Waals surface area contributed by atoms with Gasteiger partial charge in [0.05, 0.1) is 11.2 Å². The molecule has 192 valence electrons. The minimum atomic E-state index is -1.29. The molecule has 6 rings (SSSR count). The smallest absolute Gasteiger partial charge is 0.341 e. The summed E-state index contributed by atoms with van der Waals surface area (Å²) in [7, 11) is 0. The summed E-state index contributed by atoms with van der Waals surface area (Å²) in [5, 5.41) is 15.6. The van der Waals surface area contributed by atoms with Crippen molar-refractivity contribution < 1.29 is 14.3 Å². The first-order valence-corrected chi connectivity index (χ1v) is 12.8.